The molecule has 152 valence electrons. The first-order valence-corrected chi connectivity index (χ1v) is 9.54. The second-order valence-electron chi connectivity index (χ2n) is 6.50. The van der Waals surface area contributed by atoms with Crippen LogP contribution < -0.4 is 15.4 Å². The van der Waals surface area contributed by atoms with E-state index in [1.165, 1.54) is 0 Å². The van der Waals surface area contributed by atoms with Crippen molar-refractivity contribution < 1.29 is 9.53 Å². The molecule has 2 N–H and O–H groups in total. The highest BCUT2D eigenvalue weighted by Crippen LogP contribution is 2.23. The number of carbonyl (C=O) groups excluding carboxylic acids is 1. The molecule has 0 aliphatic rings. The number of pyridine rings is 1. The maximum atomic E-state index is 12.5. The lowest BCUT2D eigenvalue weighted by molar-refractivity contribution is -0.114. The van der Waals surface area contributed by atoms with E-state index in [0.29, 0.717) is 35.5 Å². The Hall–Kier alpha value is -4.01. The number of rotatable bonds is 7. The first-order valence-electron chi connectivity index (χ1n) is 9.54. The van der Waals surface area contributed by atoms with Gasteiger partial charge in [0.1, 0.15) is 11.6 Å². The van der Waals surface area contributed by atoms with Crippen molar-refractivity contribution in [1.29, 1.82) is 0 Å². The van der Waals surface area contributed by atoms with Gasteiger partial charge < -0.3 is 15.4 Å². The molecule has 0 aliphatic carbocycles. The molecule has 0 radical (unpaired) electrons. The minimum absolute atomic E-state index is 0.0428. The molecule has 1 aromatic carbocycles. The quantitative estimate of drug-likeness (QED) is 0.489. The largest absolute Gasteiger partial charge is 0.492 e. The number of anilines is 2. The fourth-order valence-electron chi connectivity index (χ4n) is 2.95. The van der Waals surface area contributed by atoms with Crippen molar-refractivity contribution in [2.45, 2.75) is 13.8 Å². The molecule has 0 bridgehead atoms. The standard InChI is InChI=1S/C21H21N7O2/c1-3-30-17-9-5-4-8-16(17)25-19(29)13-23-18-11-14(2)24-21-26-20(27-28(18)21)15-7-6-10-22-12-15/h4-12,23H,3,13H2,1-2H3,(H,25,29). The molecule has 30 heavy (non-hydrogen) atoms. The number of benzene rings is 1. The molecular formula is C21H21N7O2. The minimum atomic E-state index is -0.211. The van der Waals surface area contributed by atoms with Gasteiger partial charge in [0.2, 0.25) is 5.91 Å². The van der Waals surface area contributed by atoms with Gasteiger partial charge in [-0.3, -0.25) is 9.78 Å². The van der Waals surface area contributed by atoms with Crippen LogP contribution in [0.5, 0.6) is 5.75 Å². The third kappa shape index (κ3) is 4.19. The topological polar surface area (TPSA) is 106 Å². The SMILES string of the molecule is CCOc1ccccc1NC(=O)CNc1cc(C)nc2nc(-c3cccnc3)nn12. The maximum absolute atomic E-state index is 12.5. The lowest BCUT2D eigenvalue weighted by Crippen LogP contribution is -2.23. The Morgan fingerprint density at radius 1 is 1.17 bits per heavy atom. The predicted octanol–water partition coefficient (Wildman–Crippen LogP) is 2.94. The normalized spacial score (nSPS) is 10.7. The number of hydrogen-bond donors (Lipinski definition) is 2. The van der Waals surface area contributed by atoms with Crippen LogP contribution in [0.25, 0.3) is 17.2 Å². The fraction of sp³-hybridized carbons (Fsp3) is 0.190. The first-order chi connectivity index (χ1) is 14.6. The van der Waals surface area contributed by atoms with Gasteiger partial charge in [0, 0.05) is 29.7 Å². The van der Waals surface area contributed by atoms with Crippen LogP contribution in [-0.4, -0.2) is 43.6 Å². The highest BCUT2D eigenvalue weighted by Gasteiger charge is 2.13. The summed E-state index contributed by atoms with van der Waals surface area (Å²) in [5.74, 6) is 2.00. The average molecular weight is 403 g/mol. The zero-order valence-corrected chi connectivity index (χ0v) is 16.7. The van der Waals surface area contributed by atoms with Crippen LogP contribution in [0, 0.1) is 6.92 Å². The molecule has 9 heteroatoms. The van der Waals surface area contributed by atoms with Crippen molar-refractivity contribution in [1.82, 2.24) is 24.6 Å². The summed E-state index contributed by atoms with van der Waals surface area (Å²) in [7, 11) is 0. The van der Waals surface area contributed by atoms with E-state index in [1.54, 1.807) is 23.0 Å². The van der Waals surface area contributed by atoms with Crippen LogP contribution >= 0.6 is 0 Å². The molecular weight excluding hydrogens is 382 g/mol. The van der Waals surface area contributed by atoms with Gasteiger partial charge in [0.25, 0.3) is 5.78 Å². The second kappa shape index (κ2) is 8.56. The summed E-state index contributed by atoms with van der Waals surface area (Å²) in [6.45, 7) is 4.32. The van der Waals surface area contributed by atoms with Crippen LogP contribution in [0.1, 0.15) is 12.6 Å². The van der Waals surface area contributed by atoms with Gasteiger partial charge in [0.05, 0.1) is 18.8 Å². The minimum Gasteiger partial charge on any atom is -0.492 e. The lowest BCUT2D eigenvalue weighted by Gasteiger charge is -2.12. The van der Waals surface area contributed by atoms with Gasteiger partial charge in [-0.1, -0.05) is 12.1 Å². The third-order valence-electron chi connectivity index (χ3n) is 4.25. The first kappa shape index (κ1) is 19.3. The van der Waals surface area contributed by atoms with Crippen molar-refractivity contribution in [2.75, 3.05) is 23.8 Å². The molecule has 0 saturated heterocycles. The van der Waals surface area contributed by atoms with Gasteiger partial charge in [-0.15, -0.1) is 5.10 Å². The van der Waals surface area contributed by atoms with E-state index in [9.17, 15) is 4.79 Å². The van der Waals surface area contributed by atoms with Crippen LogP contribution in [-0.2, 0) is 4.79 Å². The molecule has 4 rings (SSSR count). The Bertz CT molecular complexity index is 1170. The molecule has 0 atom stereocenters. The number of amides is 1. The van der Waals surface area contributed by atoms with Crippen LogP contribution in [0.3, 0.4) is 0 Å². The molecule has 0 saturated carbocycles. The van der Waals surface area contributed by atoms with E-state index < -0.39 is 0 Å². The summed E-state index contributed by atoms with van der Waals surface area (Å²) >= 11 is 0. The molecule has 4 aromatic rings. The average Bonchev–Trinajstić information content (AvgIpc) is 3.18. The fourth-order valence-corrected chi connectivity index (χ4v) is 2.95. The molecule has 3 heterocycles. The van der Waals surface area contributed by atoms with Crippen LogP contribution in [0.2, 0.25) is 0 Å². The third-order valence-corrected chi connectivity index (χ3v) is 4.25. The number of fused-ring (bicyclic) bond motifs is 1. The molecule has 0 aliphatic heterocycles. The Balaban J connectivity index is 1.52. The highest BCUT2D eigenvalue weighted by molar-refractivity contribution is 5.95. The Labute approximate surface area is 173 Å². The number of aryl methyl sites for hydroxylation is 1. The number of carbonyl (C=O) groups is 1. The van der Waals surface area contributed by atoms with E-state index >= 15 is 0 Å². The monoisotopic (exact) mass is 403 g/mol. The van der Waals surface area contributed by atoms with Gasteiger partial charge in [-0.2, -0.15) is 9.50 Å². The van der Waals surface area contributed by atoms with Gasteiger partial charge in [0.15, 0.2) is 5.82 Å². The van der Waals surface area contributed by atoms with Crippen molar-refractivity contribution in [3.05, 3.63) is 60.6 Å². The van der Waals surface area contributed by atoms with Crippen molar-refractivity contribution in [3.8, 4) is 17.1 Å². The summed E-state index contributed by atoms with van der Waals surface area (Å²) in [6, 6.07) is 12.8. The van der Waals surface area contributed by atoms with Gasteiger partial charge in [-0.25, -0.2) is 4.98 Å². The Kier molecular flexibility index (Phi) is 5.51. The molecule has 1 amide bonds. The molecule has 0 spiro atoms. The van der Waals surface area contributed by atoms with E-state index in [2.05, 4.69) is 30.7 Å². The van der Waals surface area contributed by atoms with E-state index in [1.807, 2.05) is 50.2 Å². The molecule has 3 aromatic heterocycles. The van der Waals surface area contributed by atoms with Crippen molar-refractivity contribution >= 4 is 23.2 Å². The van der Waals surface area contributed by atoms with Crippen LogP contribution in [0.4, 0.5) is 11.5 Å². The zero-order valence-electron chi connectivity index (χ0n) is 16.7. The summed E-state index contributed by atoms with van der Waals surface area (Å²) in [5.41, 5.74) is 2.18. The van der Waals surface area contributed by atoms with Crippen molar-refractivity contribution in [3.63, 3.8) is 0 Å². The van der Waals surface area contributed by atoms with Gasteiger partial charge >= 0.3 is 0 Å². The number of para-hydroxylation sites is 2. The number of nitrogens with one attached hydrogen (secondary N) is 2. The number of nitrogens with zero attached hydrogens (tertiary/aromatic N) is 5. The van der Waals surface area contributed by atoms with E-state index in [4.69, 9.17) is 4.74 Å². The number of ether oxygens (including phenoxy) is 1. The number of aromatic nitrogens is 5. The Morgan fingerprint density at radius 2 is 2.03 bits per heavy atom. The smallest absolute Gasteiger partial charge is 0.254 e. The lowest BCUT2D eigenvalue weighted by atomic mass is 10.3. The van der Waals surface area contributed by atoms with E-state index in [0.717, 1.165) is 11.3 Å². The van der Waals surface area contributed by atoms with Crippen molar-refractivity contribution in [2.24, 2.45) is 0 Å². The summed E-state index contributed by atoms with van der Waals surface area (Å²) in [6.07, 6.45) is 3.38. The molecule has 0 unspecified atom stereocenters. The number of hydrogen-bond acceptors (Lipinski definition) is 7. The zero-order chi connectivity index (χ0) is 20.9. The predicted molar refractivity (Wildman–Crippen MR) is 113 cm³/mol. The molecule has 9 nitrogen and oxygen atoms in total. The van der Waals surface area contributed by atoms with Crippen LogP contribution in [0.15, 0.2) is 54.9 Å². The highest BCUT2D eigenvalue weighted by atomic mass is 16.5. The maximum Gasteiger partial charge on any atom is 0.254 e. The summed E-state index contributed by atoms with van der Waals surface area (Å²) in [4.78, 5) is 25.5. The van der Waals surface area contributed by atoms with E-state index in [-0.39, 0.29) is 12.5 Å². The van der Waals surface area contributed by atoms with Gasteiger partial charge in [-0.05, 0) is 38.1 Å². The summed E-state index contributed by atoms with van der Waals surface area (Å²) < 4.78 is 7.13. The second-order valence-corrected chi connectivity index (χ2v) is 6.50. The molecule has 0 fully saturated rings. The summed E-state index contributed by atoms with van der Waals surface area (Å²) in [5, 5.41) is 10.5. The Morgan fingerprint density at radius 3 is 2.83 bits per heavy atom.